The number of hydrogen-bond acceptors (Lipinski definition) is 2. The average Bonchev–Trinajstić information content (AvgIpc) is 2.30. The van der Waals surface area contributed by atoms with Gasteiger partial charge in [-0.2, -0.15) is 0 Å². The molecule has 1 unspecified atom stereocenters. The zero-order chi connectivity index (χ0) is 12.8. The van der Waals surface area contributed by atoms with Gasteiger partial charge in [0.05, 0.1) is 11.1 Å². The summed E-state index contributed by atoms with van der Waals surface area (Å²) in [7, 11) is 1.57. The topological polar surface area (TPSA) is 21.3 Å². The Morgan fingerprint density at radius 1 is 1.41 bits per heavy atom. The minimum atomic E-state index is -0.538. The Morgan fingerprint density at radius 2 is 2.12 bits per heavy atom. The van der Waals surface area contributed by atoms with E-state index >= 15 is 0 Å². The number of rotatable bonds is 6. The van der Waals surface area contributed by atoms with Gasteiger partial charge in [-0.15, -0.1) is 0 Å². The van der Waals surface area contributed by atoms with Crippen LogP contribution in [0.2, 0.25) is 0 Å². The highest BCUT2D eigenvalue weighted by molar-refractivity contribution is 9.10. The summed E-state index contributed by atoms with van der Waals surface area (Å²) in [4.78, 5) is 0. The molecule has 0 fully saturated rings. The first-order valence-electron chi connectivity index (χ1n) is 5.44. The molecular formula is C12H16BrF2NO. The van der Waals surface area contributed by atoms with E-state index in [0.29, 0.717) is 6.61 Å². The van der Waals surface area contributed by atoms with Gasteiger partial charge in [0.15, 0.2) is 0 Å². The highest BCUT2D eigenvalue weighted by atomic mass is 79.9. The first-order valence-corrected chi connectivity index (χ1v) is 6.24. The highest BCUT2D eigenvalue weighted by Gasteiger charge is 2.17. The predicted octanol–water partition coefficient (Wildman–Crippen LogP) is 2.89. The number of ether oxygens (including phenoxy) is 1. The second kappa shape index (κ2) is 7.03. The van der Waals surface area contributed by atoms with Gasteiger partial charge in [0, 0.05) is 18.7 Å². The van der Waals surface area contributed by atoms with Crippen LogP contribution in [0.25, 0.3) is 0 Å². The van der Waals surface area contributed by atoms with Gasteiger partial charge in [0.2, 0.25) is 0 Å². The molecule has 0 saturated carbocycles. The quantitative estimate of drug-likeness (QED) is 0.816. The van der Waals surface area contributed by atoms with E-state index in [4.69, 9.17) is 4.74 Å². The maximum Gasteiger partial charge on any atom is 0.143 e. The van der Waals surface area contributed by atoms with Crippen molar-refractivity contribution in [3.8, 4) is 0 Å². The van der Waals surface area contributed by atoms with Gasteiger partial charge in [0.1, 0.15) is 11.6 Å². The summed E-state index contributed by atoms with van der Waals surface area (Å²) in [6, 6.07) is 2.54. The van der Waals surface area contributed by atoms with Crippen LogP contribution in [0.4, 0.5) is 8.78 Å². The van der Waals surface area contributed by atoms with Crippen LogP contribution in [-0.2, 0) is 11.2 Å². The zero-order valence-corrected chi connectivity index (χ0v) is 11.5. The van der Waals surface area contributed by atoms with E-state index in [-0.39, 0.29) is 22.5 Å². The molecule has 17 heavy (non-hydrogen) atoms. The maximum atomic E-state index is 13.7. The summed E-state index contributed by atoms with van der Waals surface area (Å²) in [5.41, 5.74) is 0.0855. The first-order chi connectivity index (χ1) is 8.10. The van der Waals surface area contributed by atoms with Gasteiger partial charge in [-0.1, -0.05) is 6.92 Å². The van der Waals surface area contributed by atoms with Gasteiger partial charge in [-0.05, 0) is 41.0 Å². The summed E-state index contributed by atoms with van der Waals surface area (Å²) >= 11 is 3.05. The summed E-state index contributed by atoms with van der Waals surface area (Å²) in [5.74, 6) is -1.06. The third kappa shape index (κ3) is 4.01. The maximum absolute atomic E-state index is 13.7. The molecular weight excluding hydrogens is 292 g/mol. The third-order valence-corrected chi connectivity index (χ3v) is 3.06. The molecule has 1 aromatic carbocycles. The number of nitrogens with one attached hydrogen (secondary N) is 1. The molecule has 0 spiro atoms. The van der Waals surface area contributed by atoms with Gasteiger partial charge in [-0.25, -0.2) is 8.78 Å². The molecule has 1 rings (SSSR count). The van der Waals surface area contributed by atoms with E-state index in [2.05, 4.69) is 21.2 Å². The molecule has 0 heterocycles. The monoisotopic (exact) mass is 307 g/mol. The van der Waals surface area contributed by atoms with Crippen molar-refractivity contribution in [2.75, 3.05) is 20.3 Å². The van der Waals surface area contributed by atoms with Crippen LogP contribution in [0.1, 0.15) is 12.5 Å². The lowest BCUT2D eigenvalue weighted by Crippen LogP contribution is -2.35. The second-order valence-corrected chi connectivity index (χ2v) is 4.59. The van der Waals surface area contributed by atoms with E-state index in [1.807, 2.05) is 6.92 Å². The van der Waals surface area contributed by atoms with Crippen molar-refractivity contribution in [3.63, 3.8) is 0 Å². The zero-order valence-electron chi connectivity index (χ0n) is 9.90. The van der Waals surface area contributed by atoms with Crippen LogP contribution in [0.5, 0.6) is 0 Å². The van der Waals surface area contributed by atoms with Crippen LogP contribution in [-0.4, -0.2) is 26.3 Å². The lowest BCUT2D eigenvalue weighted by molar-refractivity contribution is 0.166. The molecule has 0 bridgehead atoms. The highest BCUT2D eigenvalue weighted by Crippen LogP contribution is 2.22. The van der Waals surface area contributed by atoms with Crippen LogP contribution in [0.15, 0.2) is 16.6 Å². The molecule has 0 aromatic heterocycles. The molecule has 0 radical (unpaired) electrons. The molecule has 1 N–H and O–H groups in total. The molecule has 0 aliphatic carbocycles. The van der Waals surface area contributed by atoms with E-state index in [9.17, 15) is 8.78 Å². The van der Waals surface area contributed by atoms with E-state index in [1.54, 1.807) is 7.11 Å². The van der Waals surface area contributed by atoms with Gasteiger partial charge in [0.25, 0.3) is 0 Å². The fourth-order valence-electron chi connectivity index (χ4n) is 1.68. The Hall–Kier alpha value is -0.520. The number of methoxy groups -OCH3 is 1. The van der Waals surface area contributed by atoms with Crippen molar-refractivity contribution in [1.29, 1.82) is 0 Å². The smallest absolute Gasteiger partial charge is 0.143 e. The van der Waals surface area contributed by atoms with E-state index in [0.717, 1.165) is 6.54 Å². The summed E-state index contributed by atoms with van der Waals surface area (Å²) < 4.78 is 32.6. The molecule has 2 nitrogen and oxygen atoms in total. The lowest BCUT2D eigenvalue weighted by Gasteiger charge is -2.18. The number of halogens is 3. The minimum Gasteiger partial charge on any atom is -0.383 e. The summed E-state index contributed by atoms with van der Waals surface area (Å²) in [6.07, 6.45) is 0.263. The van der Waals surface area contributed by atoms with Crippen molar-refractivity contribution in [2.24, 2.45) is 0 Å². The van der Waals surface area contributed by atoms with Crippen molar-refractivity contribution in [3.05, 3.63) is 33.8 Å². The van der Waals surface area contributed by atoms with E-state index in [1.165, 1.54) is 12.1 Å². The average molecular weight is 308 g/mol. The number of likely N-dealkylation sites (N-methyl/N-ethyl adjacent to an activating group) is 1. The standard InChI is InChI=1S/C12H16BrF2NO/c1-3-16-8(7-17-2)6-9-11(14)5-4-10(13)12(9)15/h4-5,8,16H,3,6-7H2,1-2H3. The summed E-state index contributed by atoms with van der Waals surface area (Å²) in [6.45, 7) is 3.08. The van der Waals surface area contributed by atoms with Crippen LogP contribution in [0.3, 0.4) is 0 Å². The Morgan fingerprint density at radius 3 is 2.71 bits per heavy atom. The first kappa shape index (κ1) is 14.5. The molecule has 0 aliphatic heterocycles. The van der Waals surface area contributed by atoms with Gasteiger partial charge >= 0.3 is 0 Å². The minimum absolute atomic E-state index is 0.0855. The largest absolute Gasteiger partial charge is 0.383 e. The number of benzene rings is 1. The van der Waals surface area contributed by atoms with Gasteiger partial charge in [-0.3, -0.25) is 0 Å². The molecule has 5 heteroatoms. The molecule has 0 saturated heterocycles. The van der Waals surface area contributed by atoms with Crippen molar-refractivity contribution in [2.45, 2.75) is 19.4 Å². The molecule has 1 aromatic rings. The molecule has 96 valence electrons. The van der Waals surface area contributed by atoms with Crippen molar-refractivity contribution in [1.82, 2.24) is 5.32 Å². The van der Waals surface area contributed by atoms with Crippen LogP contribution < -0.4 is 5.32 Å². The summed E-state index contributed by atoms with van der Waals surface area (Å²) in [5, 5.41) is 3.13. The van der Waals surface area contributed by atoms with Crippen LogP contribution >= 0.6 is 15.9 Å². The van der Waals surface area contributed by atoms with E-state index < -0.39 is 11.6 Å². The Kier molecular flexibility index (Phi) is 6.02. The molecule has 0 amide bonds. The normalized spacial score (nSPS) is 12.8. The second-order valence-electron chi connectivity index (χ2n) is 3.74. The fraction of sp³-hybridized carbons (Fsp3) is 0.500. The molecule has 1 atom stereocenters. The Bertz CT molecular complexity index is 368. The Balaban J connectivity index is 2.88. The van der Waals surface area contributed by atoms with Crippen molar-refractivity contribution >= 4 is 15.9 Å². The molecule has 0 aliphatic rings. The number of hydrogen-bond donors (Lipinski definition) is 1. The predicted molar refractivity (Wildman–Crippen MR) is 67.1 cm³/mol. The fourth-order valence-corrected chi connectivity index (χ4v) is 2.05. The Labute approximate surface area is 108 Å². The van der Waals surface area contributed by atoms with Gasteiger partial charge < -0.3 is 10.1 Å². The SMILES string of the molecule is CCNC(COC)Cc1c(F)ccc(Br)c1F. The van der Waals surface area contributed by atoms with Crippen molar-refractivity contribution < 1.29 is 13.5 Å². The van der Waals surface area contributed by atoms with Crippen LogP contribution in [0, 0.1) is 11.6 Å². The third-order valence-electron chi connectivity index (χ3n) is 2.45. The lowest BCUT2D eigenvalue weighted by atomic mass is 10.1.